The second-order valence-electron chi connectivity index (χ2n) is 15.0. The Hall–Kier alpha value is -2.03. The monoisotopic (exact) mass is 768 g/mol. The van der Waals surface area contributed by atoms with Crippen molar-refractivity contribution in [1.29, 1.82) is 0 Å². The predicted molar refractivity (Wildman–Crippen MR) is 217 cm³/mol. The zero-order valence-corrected chi connectivity index (χ0v) is 35.3. The third-order valence-corrected chi connectivity index (χ3v) is 9.56. The lowest BCUT2D eigenvalue weighted by Gasteiger charge is -2.28. The van der Waals surface area contributed by atoms with Crippen molar-refractivity contribution in [1.82, 2.24) is 0 Å². The van der Waals surface area contributed by atoms with Crippen molar-refractivity contribution in [3.8, 4) is 0 Å². The van der Waals surface area contributed by atoms with Crippen molar-refractivity contribution in [3.63, 3.8) is 0 Å². The molecule has 2 atom stereocenters. The molecule has 10 heteroatoms. The number of hydrogen-bond acceptors (Lipinski definition) is 8. The number of esters is 2. The Morgan fingerprint density at radius 1 is 0.585 bits per heavy atom. The third kappa shape index (κ3) is 39.5. The first-order chi connectivity index (χ1) is 25.5. The van der Waals surface area contributed by atoms with E-state index < -0.39 is 32.5 Å². The molecule has 0 aromatic heterocycles. The lowest BCUT2D eigenvalue weighted by molar-refractivity contribution is -0.870. The Kier molecular flexibility index (Phi) is 34.3. The molecule has 0 amide bonds. The summed E-state index contributed by atoms with van der Waals surface area (Å²) >= 11 is 0. The molecule has 0 aromatic carbocycles. The van der Waals surface area contributed by atoms with Crippen LogP contribution in [0, 0.1) is 0 Å². The molecular weight excluding hydrogens is 689 g/mol. The molecule has 0 N–H and O–H groups in total. The van der Waals surface area contributed by atoms with Gasteiger partial charge in [0.05, 0.1) is 27.7 Å². The standard InChI is InChI=1S/C43H78NO8P/c1-6-8-10-12-14-16-18-20-22-24-26-28-30-32-34-36-43(46)52-41(40-51-53(47,48)50-38-37-44(3,4)5)39-49-42(45)35-33-31-29-27-25-23-21-19-17-15-13-11-9-7-2/h23-26,29-32,41H,6-22,27-28,33-40H2,1-5H3/b25-23-,26-24-,31-29-,32-30-. The summed E-state index contributed by atoms with van der Waals surface area (Å²) in [4.78, 5) is 37.3. The molecule has 0 aliphatic heterocycles. The van der Waals surface area contributed by atoms with Crippen molar-refractivity contribution in [2.45, 2.75) is 168 Å². The SMILES string of the molecule is CCCCCCCCC/C=C\C/C=C\CCC(=O)OCC(COP(=O)([O-])OCC[N+](C)(C)C)OC(=O)CC/C=C\C/C=C\CCCCCCCCCC. The van der Waals surface area contributed by atoms with Gasteiger partial charge in [-0.1, -0.05) is 146 Å². The van der Waals surface area contributed by atoms with E-state index in [1.54, 1.807) is 0 Å². The topological polar surface area (TPSA) is 111 Å². The van der Waals surface area contributed by atoms with Gasteiger partial charge in [0.15, 0.2) is 6.10 Å². The summed E-state index contributed by atoms with van der Waals surface area (Å²) in [6.07, 6.45) is 40.3. The van der Waals surface area contributed by atoms with Crippen LogP contribution in [0.25, 0.3) is 0 Å². The van der Waals surface area contributed by atoms with E-state index in [2.05, 4.69) is 38.2 Å². The molecule has 0 aromatic rings. The summed E-state index contributed by atoms with van der Waals surface area (Å²) in [6.45, 7) is 4.07. The molecule has 9 nitrogen and oxygen atoms in total. The zero-order valence-electron chi connectivity index (χ0n) is 34.4. The first kappa shape index (κ1) is 51.0. The first-order valence-electron chi connectivity index (χ1n) is 20.8. The Bertz CT molecular complexity index is 1050. The number of carbonyl (C=O) groups is 2. The normalized spacial score (nSPS) is 14.2. The lowest BCUT2D eigenvalue weighted by atomic mass is 10.1. The number of ether oxygens (including phenoxy) is 2. The van der Waals surface area contributed by atoms with E-state index in [9.17, 15) is 19.0 Å². The van der Waals surface area contributed by atoms with Crippen LogP contribution in [0.2, 0.25) is 0 Å². The number of carbonyl (C=O) groups excluding carboxylic acids is 2. The van der Waals surface area contributed by atoms with Crippen molar-refractivity contribution >= 4 is 19.8 Å². The molecule has 0 rings (SSSR count). The van der Waals surface area contributed by atoms with Crippen LogP contribution in [-0.4, -0.2) is 70.0 Å². The zero-order chi connectivity index (χ0) is 39.3. The Labute approximate surface area is 324 Å². The van der Waals surface area contributed by atoms with Crippen LogP contribution in [0.1, 0.15) is 162 Å². The number of likely N-dealkylation sites (N-methyl/N-ethyl adjacent to an activating group) is 1. The van der Waals surface area contributed by atoms with Crippen LogP contribution in [0.4, 0.5) is 0 Å². The minimum atomic E-state index is -4.65. The van der Waals surface area contributed by atoms with Gasteiger partial charge in [0.1, 0.15) is 19.8 Å². The maximum Gasteiger partial charge on any atom is 0.306 e. The number of allylic oxidation sites excluding steroid dienone is 8. The molecular formula is C43H78NO8P. The predicted octanol–water partition coefficient (Wildman–Crippen LogP) is 10.9. The molecule has 0 bridgehead atoms. The molecule has 0 saturated heterocycles. The van der Waals surface area contributed by atoms with Gasteiger partial charge < -0.3 is 27.9 Å². The Morgan fingerprint density at radius 2 is 1.02 bits per heavy atom. The fourth-order valence-electron chi connectivity index (χ4n) is 5.29. The van der Waals surface area contributed by atoms with Gasteiger partial charge in [0, 0.05) is 12.8 Å². The number of hydrogen-bond donors (Lipinski definition) is 0. The summed E-state index contributed by atoms with van der Waals surface area (Å²) in [6, 6.07) is 0. The number of phosphoric ester groups is 1. The third-order valence-electron chi connectivity index (χ3n) is 8.60. The van der Waals surface area contributed by atoms with Gasteiger partial charge in [-0.15, -0.1) is 0 Å². The fourth-order valence-corrected chi connectivity index (χ4v) is 6.02. The number of unbranched alkanes of at least 4 members (excludes halogenated alkanes) is 15. The molecule has 2 unspecified atom stereocenters. The highest BCUT2D eigenvalue weighted by Gasteiger charge is 2.21. The Morgan fingerprint density at radius 3 is 1.49 bits per heavy atom. The smallest absolute Gasteiger partial charge is 0.306 e. The summed E-state index contributed by atoms with van der Waals surface area (Å²) in [5.41, 5.74) is 0. The van der Waals surface area contributed by atoms with Gasteiger partial charge in [-0.05, 0) is 51.4 Å². The highest BCUT2D eigenvalue weighted by atomic mass is 31.2. The summed E-state index contributed by atoms with van der Waals surface area (Å²) < 4.78 is 33.7. The van der Waals surface area contributed by atoms with Crippen LogP contribution in [0.5, 0.6) is 0 Å². The van der Waals surface area contributed by atoms with Crippen molar-refractivity contribution < 1.29 is 42.1 Å². The second kappa shape index (κ2) is 35.7. The van der Waals surface area contributed by atoms with Gasteiger partial charge in [0.2, 0.25) is 0 Å². The Balaban J connectivity index is 4.56. The fraction of sp³-hybridized carbons (Fsp3) is 0.767. The molecule has 0 saturated carbocycles. The largest absolute Gasteiger partial charge is 0.756 e. The number of quaternary nitrogens is 1. The van der Waals surface area contributed by atoms with E-state index in [0.29, 0.717) is 23.9 Å². The molecule has 308 valence electrons. The van der Waals surface area contributed by atoms with Crippen molar-refractivity contribution in [2.75, 3.05) is 47.5 Å². The maximum absolute atomic E-state index is 12.6. The highest BCUT2D eigenvalue weighted by molar-refractivity contribution is 7.45. The summed E-state index contributed by atoms with van der Waals surface area (Å²) in [5, 5.41) is 0. The van der Waals surface area contributed by atoms with Crippen molar-refractivity contribution in [3.05, 3.63) is 48.6 Å². The molecule has 0 fully saturated rings. The van der Waals surface area contributed by atoms with E-state index in [4.69, 9.17) is 18.5 Å². The molecule has 0 spiro atoms. The second-order valence-corrected chi connectivity index (χ2v) is 16.4. The van der Waals surface area contributed by atoms with Crippen LogP contribution in [0.15, 0.2) is 48.6 Å². The summed E-state index contributed by atoms with van der Waals surface area (Å²) in [5.74, 6) is -0.993. The van der Waals surface area contributed by atoms with Gasteiger partial charge in [-0.25, -0.2) is 0 Å². The molecule has 0 aliphatic rings. The molecule has 0 heterocycles. The van der Waals surface area contributed by atoms with Crippen LogP contribution < -0.4 is 4.89 Å². The van der Waals surface area contributed by atoms with Gasteiger partial charge in [-0.3, -0.25) is 14.2 Å². The highest BCUT2D eigenvalue weighted by Crippen LogP contribution is 2.38. The van der Waals surface area contributed by atoms with Crippen molar-refractivity contribution in [2.24, 2.45) is 0 Å². The number of rotatable bonds is 37. The molecule has 53 heavy (non-hydrogen) atoms. The minimum absolute atomic E-state index is 0.0487. The minimum Gasteiger partial charge on any atom is -0.756 e. The first-order valence-corrected chi connectivity index (χ1v) is 22.3. The molecule has 0 radical (unpaired) electrons. The van der Waals surface area contributed by atoms with Gasteiger partial charge in [-0.2, -0.15) is 0 Å². The van der Waals surface area contributed by atoms with Crippen LogP contribution >= 0.6 is 7.82 Å². The lowest BCUT2D eigenvalue weighted by Crippen LogP contribution is -2.37. The average Bonchev–Trinajstić information content (AvgIpc) is 3.10. The van der Waals surface area contributed by atoms with Crippen LogP contribution in [0.3, 0.4) is 0 Å². The maximum atomic E-state index is 12.6. The van der Waals surface area contributed by atoms with E-state index >= 15 is 0 Å². The number of nitrogens with zero attached hydrogens (tertiary/aromatic N) is 1. The van der Waals surface area contributed by atoms with Gasteiger partial charge >= 0.3 is 11.9 Å². The van der Waals surface area contributed by atoms with E-state index in [1.807, 2.05) is 45.4 Å². The quantitative estimate of drug-likeness (QED) is 0.0202. The van der Waals surface area contributed by atoms with E-state index in [0.717, 1.165) is 25.7 Å². The number of phosphoric acid groups is 1. The van der Waals surface area contributed by atoms with Crippen LogP contribution in [-0.2, 0) is 32.7 Å². The summed E-state index contributed by atoms with van der Waals surface area (Å²) in [7, 11) is 1.10. The molecule has 0 aliphatic carbocycles. The average molecular weight is 768 g/mol. The van der Waals surface area contributed by atoms with E-state index in [-0.39, 0.29) is 26.1 Å². The van der Waals surface area contributed by atoms with Gasteiger partial charge in [0.25, 0.3) is 7.82 Å². The van der Waals surface area contributed by atoms with E-state index in [1.165, 1.54) is 96.3 Å².